The van der Waals surface area contributed by atoms with Gasteiger partial charge in [-0.1, -0.05) is 89.1 Å². The summed E-state index contributed by atoms with van der Waals surface area (Å²) in [5, 5.41) is 38.8. The number of carbonyl (C=O) groups excluding carboxylic acids is 7. The summed E-state index contributed by atoms with van der Waals surface area (Å²) in [5.74, 6) is 1.11. The van der Waals surface area contributed by atoms with E-state index in [1.54, 1.807) is 13.8 Å². The van der Waals surface area contributed by atoms with Gasteiger partial charge in [0.15, 0.2) is 22.9 Å². The molecule has 2 aliphatic carbocycles. The van der Waals surface area contributed by atoms with Crippen molar-refractivity contribution in [1.82, 2.24) is 71.8 Å². The lowest BCUT2D eigenvalue weighted by molar-refractivity contribution is -0.129. The fraction of sp³-hybridized carbons (Fsp3) is 0.611. The Morgan fingerprint density at radius 3 is 1.42 bits per heavy atom. The molecule has 708 valence electrons. The van der Waals surface area contributed by atoms with Gasteiger partial charge in [-0.15, -0.1) is 0 Å². The highest BCUT2D eigenvalue weighted by Gasteiger charge is 2.43. The standard InChI is InChI=1S/C53H79N11O11S.C37H54N8O8/c1-35(45-40(65)29-53(2,3)30-41(45)66)55-19-10-8-11-38(60-44(68)14-5-4-9-20-56-43(67)13-7-6-12-42-46-39(33-76-42)61-52(70)62-46)49(69)57-21-22-71-23-24-72-25-26-73-27-28-74-31-36-15-17-37(18-16-36)32-75-50-47-48(59-34-58-47)63-51(54)64-50;1-25(31-29(46)20-37(2,3)21-30(31)47)40-11-5-4-6-28(38)34(48)41-12-13-49-14-15-50-16-17-51-18-19-52-22-26-7-9-27(10-8-26)23-53-35-32-33(43-24-42-32)44-36(39)45-35/h15-18,34,38-39,42,46,65H,4-14,19-33H2,1-3H3,(H,56,67)(H,57,69)(H,60,68)(H2,61,62,70)(H3,54,58,59,63,64);7-10,24,28,46H,4-6,11-23,38H2,1-3H3,(H,41,48)(H3,39,42,43,44,45)/t38?,39-,42-,46-;/m1./s1. The van der Waals surface area contributed by atoms with Crippen LogP contribution in [0.1, 0.15) is 179 Å². The first-order chi connectivity index (χ1) is 62.3. The predicted octanol–water partition coefficient (Wildman–Crippen LogP) is 8.27. The second kappa shape index (κ2) is 55.0. The molecule has 2 saturated heterocycles. The van der Waals surface area contributed by atoms with E-state index in [0.717, 1.165) is 66.5 Å². The number of unbranched alkanes of at least 4 members (excludes halogenated alkanes) is 5. The largest absolute Gasteiger partial charge is 0.511 e. The van der Waals surface area contributed by atoms with Crippen LogP contribution in [0.15, 0.2) is 93.8 Å². The Morgan fingerprint density at radius 1 is 0.504 bits per heavy atom. The molecule has 4 aliphatic rings. The Hall–Kier alpha value is -10.4. The summed E-state index contributed by atoms with van der Waals surface area (Å²) in [5.41, 5.74) is 24.8. The number of ether oxygens (including phenoxy) is 10. The van der Waals surface area contributed by atoms with Gasteiger partial charge in [-0.05, 0) is 111 Å². The molecule has 2 fully saturated rings. The molecule has 4 aromatic heterocycles. The van der Waals surface area contributed by atoms with Crippen molar-refractivity contribution in [3.8, 4) is 11.8 Å². The average Bonchev–Trinajstić information content (AvgIpc) is 1.61. The molecule has 16 N–H and O–H groups in total. The van der Waals surface area contributed by atoms with E-state index in [9.17, 15) is 43.8 Å². The van der Waals surface area contributed by atoms with Crippen LogP contribution in [0.25, 0.3) is 22.3 Å². The number of hydrogen-bond acceptors (Lipinski definition) is 31. The Kier molecular flexibility index (Phi) is 43.6. The maximum atomic E-state index is 13.4. The van der Waals surface area contributed by atoms with E-state index >= 15 is 0 Å². The molecular formula is C90H133N19O19S. The summed E-state index contributed by atoms with van der Waals surface area (Å²) in [6, 6.07) is 14.7. The maximum Gasteiger partial charge on any atom is 0.315 e. The summed E-state index contributed by atoms with van der Waals surface area (Å²) in [6.45, 7) is 20.5. The number of nitrogens with two attached hydrogens (primary N) is 3. The third-order valence-electron chi connectivity index (χ3n) is 21.6. The lowest BCUT2D eigenvalue weighted by atomic mass is 9.76. The van der Waals surface area contributed by atoms with Gasteiger partial charge in [0.1, 0.15) is 41.8 Å². The van der Waals surface area contributed by atoms with Crippen LogP contribution in [0.2, 0.25) is 0 Å². The number of aliphatic hydroxyl groups is 2. The number of hydrogen-bond donors (Lipinski definition) is 13. The van der Waals surface area contributed by atoms with Crippen molar-refractivity contribution in [3.63, 3.8) is 0 Å². The highest BCUT2D eigenvalue weighted by atomic mass is 32.2. The van der Waals surface area contributed by atoms with Crippen LogP contribution in [-0.2, 0) is 93.1 Å². The van der Waals surface area contributed by atoms with Gasteiger partial charge in [-0.25, -0.2) is 14.8 Å². The molecule has 10 rings (SSSR count). The van der Waals surface area contributed by atoms with E-state index in [2.05, 4.69) is 81.8 Å². The van der Waals surface area contributed by atoms with Gasteiger partial charge in [-0.2, -0.15) is 31.7 Å². The highest BCUT2D eigenvalue weighted by molar-refractivity contribution is 8.00. The number of thioether (sulfide) groups is 1. The molecule has 38 nitrogen and oxygen atoms in total. The van der Waals surface area contributed by atoms with E-state index in [1.165, 1.54) is 12.7 Å². The second-order valence-electron chi connectivity index (χ2n) is 33.8. The number of nitrogens with zero attached hydrogens (tertiary/aromatic N) is 8. The zero-order valence-corrected chi connectivity index (χ0v) is 76.2. The van der Waals surface area contributed by atoms with Gasteiger partial charge in [0.2, 0.25) is 47.3 Å². The van der Waals surface area contributed by atoms with E-state index in [1.807, 2.05) is 88.0 Å². The van der Waals surface area contributed by atoms with Crippen LogP contribution < -0.4 is 58.6 Å². The summed E-state index contributed by atoms with van der Waals surface area (Å²) in [7, 11) is 0. The van der Waals surface area contributed by atoms with Crippen molar-refractivity contribution in [2.24, 2.45) is 26.5 Å². The van der Waals surface area contributed by atoms with Crippen LogP contribution in [0.3, 0.4) is 0 Å². The normalized spacial score (nSPS) is 17.2. The highest BCUT2D eigenvalue weighted by Crippen LogP contribution is 2.38. The second-order valence-corrected chi connectivity index (χ2v) is 35.0. The van der Waals surface area contributed by atoms with Gasteiger partial charge in [0.25, 0.3) is 0 Å². The summed E-state index contributed by atoms with van der Waals surface area (Å²) in [4.78, 5) is 128. The fourth-order valence-electron chi connectivity index (χ4n) is 14.9. The number of Topliss-reactive ketones (excluding diaryl/α,β-unsaturated/α-hetero) is 2. The van der Waals surface area contributed by atoms with Gasteiger partial charge >= 0.3 is 6.03 Å². The fourth-order valence-corrected chi connectivity index (χ4v) is 16.4. The van der Waals surface area contributed by atoms with Gasteiger partial charge in [-0.3, -0.25) is 38.8 Å². The Morgan fingerprint density at radius 2 is 0.938 bits per heavy atom. The number of nitrogen functional groups attached to an aromatic ring is 2. The number of aromatic nitrogens is 8. The Balaban J connectivity index is 0.000000310. The number of aliphatic imine (C=N–C) groups is 2. The molecule has 129 heavy (non-hydrogen) atoms. The van der Waals surface area contributed by atoms with Crippen molar-refractivity contribution < 1.29 is 91.1 Å². The molecule has 6 aromatic rings. The number of anilines is 2. The van der Waals surface area contributed by atoms with Crippen LogP contribution in [0.5, 0.6) is 11.8 Å². The number of imidazole rings is 2. The molecule has 2 aliphatic heterocycles. The first kappa shape index (κ1) is 102. The summed E-state index contributed by atoms with van der Waals surface area (Å²) in [6.07, 6.45) is 13.7. The lowest BCUT2D eigenvalue weighted by Crippen LogP contribution is -2.47. The summed E-state index contributed by atoms with van der Waals surface area (Å²) < 4.78 is 56.6. The number of allylic oxidation sites excluding steroid dienone is 4. The molecule has 6 amide bonds. The average molecular weight is 1820 g/mol. The van der Waals surface area contributed by atoms with Gasteiger partial charge in [0.05, 0.1) is 148 Å². The van der Waals surface area contributed by atoms with E-state index in [-0.39, 0.29) is 107 Å². The van der Waals surface area contributed by atoms with Crippen LogP contribution in [-0.4, -0.2) is 263 Å². The zero-order valence-electron chi connectivity index (χ0n) is 75.4. The molecule has 0 saturated carbocycles. The van der Waals surface area contributed by atoms with E-state index in [4.69, 9.17) is 64.6 Å². The minimum atomic E-state index is -0.757. The summed E-state index contributed by atoms with van der Waals surface area (Å²) >= 11 is 1.88. The molecule has 6 heterocycles. The first-order valence-corrected chi connectivity index (χ1v) is 45.8. The van der Waals surface area contributed by atoms with Crippen molar-refractivity contribution >= 4 is 98.6 Å². The smallest absolute Gasteiger partial charge is 0.315 e. The molecular weight excluding hydrogens is 1680 g/mol. The molecule has 0 bridgehead atoms. The number of nitrogens with one attached hydrogen (secondary N) is 8. The lowest BCUT2D eigenvalue weighted by Gasteiger charge is -2.29. The minimum Gasteiger partial charge on any atom is -0.511 e. The minimum absolute atomic E-state index is 0.0190. The Labute approximate surface area is 757 Å². The number of carbonyl (C=O) groups is 7. The SMILES string of the molecule is CC(=NCCCCC(N)C(=O)NCCOCCOCCOCCOCc1ccc(COc2nc(N)nc3nc[nH]c23)cc1)C1=C(O)CC(C)(C)CC1=O.CC(=NCCCCC(NC(=O)CCCCCNC(=O)CCCC[C@H]1SC[C@H]2NC(=O)N[C@H]21)C(=O)NCCOCCOCCOCCOCc1ccc(COc2nc(N)nc3nc[nH]c23)cc1)C1=C(O)CC(C)(C)CC1=O. The number of fused-ring (bicyclic) bond motifs is 3. The number of rotatable bonds is 60. The van der Waals surface area contributed by atoms with E-state index < -0.39 is 12.1 Å². The van der Waals surface area contributed by atoms with Crippen molar-refractivity contribution in [1.29, 1.82) is 0 Å². The van der Waals surface area contributed by atoms with Crippen molar-refractivity contribution in [2.45, 2.75) is 213 Å². The maximum absolute atomic E-state index is 13.4. The van der Waals surface area contributed by atoms with Crippen LogP contribution in [0.4, 0.5) is 16.7 Å². The number of aromatic amines is 2. The number of aliphatic hydroxyl groups excluding tert-OH is 2. The van der Waals surface area contributed by atoms with Crippen LogP contribution >= 0.6 is 11.8 Å². The third kappa shape index (κ3) is 36.8. The Bertz CT molecular complexity index is 4660. The molecule has 2 unspecified atom stereocenters. The number of amides is 6. The number of H-pyrrole nitrogens is 2. The van der Waals surface area contributed by atoms with Crippen molar-refractivity contribution in [2.75, 3.05) is 142 Å². The molecule has 0 radical (unpaired) electrons. The number of urea groups is 1. The molecule has 39 heteroatoms. The molecule has 0 spiro atoms. The van der Waals surface area contributed by atoms with Gasteiger partial charge < -0.3 is 117 Å². The number of ketones is 2. The monoisotopic (exact) mass is 1820 g/mol. The van der Waals surface area contributed by atoms with E-state index in [0.29, 0.717) is 271 Å². The first-order valence-electron chi connectivity index (χ1n) is 44.7. The zero-order chi connectivity index (χ0) is 92.2. The van der Waals surface area contributed by atoms with Crippen LogP contribution in [0, 0.1) is 10.8 Å². The third-order valence-corrected chi connectivity index (χ3v) is 23.1. The predicted molar refractivity (Wildman–Crippen MR) is 488 cm³/mol. The molecule has 2 aromatic carbocycles. The van der Waals surface area contributed by atoms with Crippen molar-refractivity contribution in [3.05, 3.63) is 106 Å². The van der Waals surface area contributed by atoms with Gasteiger partial charge in [0, 0.05) is 93.7 Å². The topological polar surface area (TPSA) is 536 Å². The quantitative estimate of drug-likeness (QED) is 0.00970. The number of benzene rings is 2. The molecule has 5 atom stereocenters.